The molecule has 1 aliphatic heterocycles. The van der Waals surface area contributed by atoms with Gasteiger partial charge in [0.1, 0.15) is 0 Å². The number of ether oxygens (including phenoxy) is 1. The van der Waals surface area contributed by atoms with Gasteiger partial charge in [-0.2, -0.15) is 13.2 Å². The molecule has 6 nitrogen and oxygen atoms in total. The fourth-order valence-corrected chi connectivity index (χ4v) is 3.93. The van der Waals surface area contributed by atoms with E-state index in [1.54, 1.807) is 7.05 Å². The van der Waals surface area contributed by atoms with E-state index in [1.165, 1.54) is 0 Å². The van der Waals surface area contributed by atoms with Gasteiger partial charge in [-0.1, -0.05) is 13.8 Å². The Morgan fingerprint density at radius 1 is 1.32 bits per heavy atom. The molecule has 0 aliphatic carbocycles. The number of hydrogen-bond donors (Lipinski definition) is 2. The molecule has 0 spiro atoms. The molecule has 1 unspecified atom stereocenters. The summed E-state index contributed by atoms with van der Waals surface area (Å²) in [6, 6.07) is 0.385. The summed E-state index contributed by atoms with van der Waals surface area (Å²) in [4.78, 5) is 10.3. The zero-order valence-corrected chi connectivity index (χ0v) is 17.5. The summed E-state index contributed by atoms with van der Waals surface area (Å²) in [5.74, 6) is 1.23. The number of halogens is 3. The van der Waals surface area contributed by atoms with Crippen LogP contribution in [0.3, 0.4) is 0 Å². The van der Waals surface area contributed by atoms with Crippen LogP contribution in [0.2, 0.25) is 0 Å². The molecule has 10 heteroatoms. The SMILES string of the molecule is CN=C(NCCc1nc(C(F)(F)F)cs1)NCC(CC(C)C)N1CCOCC1. The number of guanidine groups is 1. The topological polar surface area (TPSA) is 61.8 Å². The second-order valence-corrected chi connectivity index (χ2v) is 8.13. The summed E-state index contributed by atoms with van der Waals surface area (Å²) in [5, 5.41) is 8.02. The number of alkyl halides is 3. The first-order valence-corrected chi connectivity index (χ1v) is 10.5. The molecule has 0 aromatic carbocycles. The monoisotopic (exact) mass is 421 g/mol. The predicted octanol–water partition coefficient (Wildman–Crippen LogP) is 2.62. The van der Waals surface area contributed by atoms with Gasteiger partial charge in [-0.15, -0.1) is 11.3 Å². The van der Waals surface area contributed by atoms with Crippen molar-refractivity contribution < 1.29 is 17.9 Å². The fraction of sp³-hybridized carbons (Fsp3) is 0.778. The standard InChI is InChI=1S/C18H30F3N5OS/c1-13(2)10-14(26-6-8-27-9-7-26)11-24-17(22-3)23-5-4-16-25-15(12-28-16)18(19,20)21/h12-14H,4-11H2,1-3H3,(H2,22,23,24). The Morgan fingerprint density at radius 3 is 2.61 bits per heavy atom. The minimum Gasteiger partial charge on any atom is -0.379 e. The summed E-state index contributed by atoms with van der Waals surface area (Å²) < 4.78 is 43.3. The number of hydrogen-bond acceptors (Lipinski definition) is 5. The van der Waals surface area contributed by atoms with Gasteiger partial charge in [0.2, 0.25) is 0 Å². The van der Waals surface area contributed by atoms with Crippen molar-refractivity contribution in [3.63, 3.8) is 0 Å². The third-order valence-electron chi connectivity index (χ3n) is 4.51. The Kier molecular flexibility index (Phi) is 8.97. The Bertz CT molecular complexity index is 615. The lowest BCUT2D eigenvalue weighted by Gasteiger charge is -2.35. The first-order valence-electron chi connectivity index (χ1n) is 9.57. The lowest BCUT2D eigenvalue weighted by molar-refractivity contribution is -0.140. The highest BCUT2D eigenvalue weighted by Crippen LogP contribution is 2.30. The molecule has 1 saturated heterocycles. The van der Waals surface area contributed by atoms with Crippen LogP contribution in [0.15, 0.2) is 10.4 Å². The molecule has 1 aromatic rings. The van der Waals surface area contributed by atoms with E-state index in [1.807, 2.05) is 0 Å². The number of rotatable bonds is 8. The van der Waals surface area contributed by atoms with E-state index < -0.39 is 11.9 Å². The zero-order valence-electron chi connectivity index (χ0n) is 16.7. The van der Waals surface area contributed by atoms with E-state index in [4.69, 9.17) is 4.74 Å². The minimum absolute atomic E-state index is 0.385. The average molecular weight is 422 g/mol. The normalized spacial score (nSPS) is 17.8. The van der Waals surface area contributed by atoms with E-state index in [0.29, 0.717) is 35.9 Å². The lowest BCUT2D eigenvalue weighted by Crippen LogP contribution is -2.51. The van der Waals surface area contributed by atoms with Gasteiger partial charge in [-0.3, -0.25) is 9.89 Å². The van der Waals surface area contributed by atoms with Crippen LogP contribution in [0.1, 0.15) is 31.0 Å². The van der Waals surface area contributed by atoms with Gasteiger partial charge in [0.05, 0.1) is 18.2 Å². The number of morpholine rings is 1. The Morgan fingerprint density at radius 2 is 2.04 bits per heavy atom. The molecule has 1 fully saturated rings. The molecule has 28 heavy (non-hydrogen) atoms. The van der Waals surface area contributed by atoms with Gasteiger partial charge in [0.15, 0.2) is 11.7 Å². The van der Waals surface area contributed by atoms with Crippen LogP contribution >= 0.6 is 11.3 Å². The maximum absolute atomic E-state index is 12.6. The number of aliphatic imine (C=N–C) groups is 1. The van der Waals surface area contributed by atoms with Crippen molar-refractivity contribution in [1.29, 1.82) is 0 Å². The molecular weight excluding hydrogens is 391 g/mol. The van der Waals surface area contributed by atoms with Crippen molar-refractivity contribution in [3.05, 3.63) is 16.1 Å². The van der Waals surface area contributed by atoms with Crippen LogP contribution in [0.5, 0.6) is 0 Å². The van der Waals surface area contributed by atoms with Gasteiger partial charge in [0, 0.05) is 51.1 Å². The highest BCUT2D eigenvalue weighted by Gasteiger charge is 2.33. The first-order chi connectivity index (χ1) is 13.3. The zero-order chi connectivity index (χ0) is 20.6. The van der Waals surface area contributed by atoms with Crippen molar-refractivity contribution in [2.75, 3.05) is 46.4 Å². The smallest absolute Gasteiger partial charge is 0.379 e. The predicted molar refractivity (Wildman–Crippen MR) is 106 cm³/mol. The van der Waals surface area contributed by atoms with Crippen molar-refractivity contribution in [1.82, 2.24) is 20.5 Å². The second kappa shape index (κ2) is 11.0. The molecule has 160 valence electrons. The van der Waals surface area contributed by atoms with Crippen LogP contribution in [-0.2, 0) is 17.3 Å². The van der Waals surface area contributed by atoms with Crippen LogP contribution in [0, 0.1) is 5.92 Å². The van der Waals surface area contributed by atoms with Crippen LogP contribution in [-0.4, -0.2) is 68.3 Å². The Hall–Kier alpha value is -1.39. The van der Waals surface area contributed by atoms with Crippen molar-refractivity contribution in [2.45, 2.75) is 38.9 Å². The van der Waals surface area contributed by atoms with Crippen LogP contribution in [0.25, 0.3) is 0 Å². The van der Waals surface area contributed by atoms with Crippen molar-refractivity contribution in [2.24, 2.45) is 10.9 Å². The highest BCUT2D eigenvalue weighted by atomic mass is 32.1. The maximum atomic E-state index is 12.6. The molecule has 0 saturated carbocycles. The van der Waals surface area contributed by atoms with Crippen molar-refractivity contribution in [3.8, 4) is 0 Å². The first kappa shape index (κ1) is 22.9. The van der Waals surface area contributed by atoms with Gasteiger partial charge in [0.25, 0.3) is 0 Å². The van der Waals surface area contributed by atoms with Gasteiger partial charge < -0.3 is 15.4 Å². The summed E-state index contributed by atoms with van der Waals surface area (Å²) in [7, 11) is 1.69. The largest absolute Gasteiger partial charge is 0.434 e. The average Bonchev–Trinajstić information content (AvgIpc) is 3.13. The number of nitrogens with one attached hydrogen (secondary N) is 2. The number of aromatic nitrogens is 1. The van der Waals surface area contributed by atoms with Crippen molar-refractivity contribution >= 4 is 17.3 Å². The molecule has 1 atom stereocenters. The molecule has 1 aromatic heterocycles. The summed E-state index contributed by atoms with van der Waals surface area (Å²) >= 11 is 1.03. The maximum Gasteiger partial charge on any atom is 0.434 e. The lowest BCUT2D eigenvalue weighted by atomic mass is 10.0. The molecule has 2 rings (SSSR count). The molecular formula is C18H30F3N5OS. The molecule has 1 aliphatic rings. The Balaban J connectivity index is 1.79. The molecule has 0 bridgehead atoms. The van der Waals surface area contributed by atoms with E-state index in [-0.39, 0.29) is 0 Å². The van der Waals surface area contributed by atoms with Gasteiger partial charge in [-0.05, 0) is 12.3 Å². The number of nitrogens with zero attached hydrogens (tertiary/aromatic N) is 3. The number of thiazole rings is 1. The summed E-state index contributed by atoms with van der Waals surface area (Å²) in [6.45, 7) is 9.02. The third kappa shape index (κ3) is 7.56. The molecule has 2 N–H and O–H groups in total. The summed E-state index contributed by atoms with van der Waals surface area (Å²) in [5.41, 5.74) is -0.822. The summed E-state index contributed by atoms with van der Waals surface area (Å²) in [6.07, 6.45) is -2.89. The van der Waals surface area contributed by atoms with E-state index >= 15 is 0 Å². The molecule has 0 radical (unpaired) electrons. The minimum atomic E-state index is -4.38. The Labute approximate surface area is 168 Å². The van der Waals surface area contributed by atoms with E-state index in [0.717, 1.165) is 56.0 Å². The van der Waals surface area contributed by atoms with E-state index in [9.17, 15) is 13.2 Å². The second-order valence-electron chi connectivity index (χ2n) is 7.19. The van der Waals surface area contributed by atoms with E-state index in [2.05, 4.69) is 39.4 Å². The van der Waals surface area contributed by atoms with Crippen LogP contribution < -0.4 is 10.6 Å². The third-order valence-corrected chi connectivity index (χ3v) is 5.42. The highest BCUT2D eigenvalue weighted by molar-refractivity contribution is 7.09. The molecule has 0 amide bonds. The van der Waals surface area contributed by atoms with Gasteiger partial charge in [-0.25, -0.2) is 4.98 Å². The quantitative estimate of drug-likeness (QED) is 0.499. The van der Waals surface area contributed by atoms with Crippen LogP contribution in [0.4, 0.5) is 13.2 Å². The fourth-order valence-electron chi connectivity index (χ4n) is 3.13. The van der Waals surface area contributed by atoms with Gasteiger partial charge >= 0.3 is 6.18 Å². The molecule has 2 heterocycles.